The summed E-state index contributed by atoms with van der Waals surface area (Å²) < 4.78 is 24.8. The van der Waals surface area contributed by atoms with Crippen molar-refractivity contribution in [3.8, 4) is 11.5 Å². The Bertz CT molecular complexity index is 703. The lowest BCUT2D eigenvalue weighted by molar-refractivity contribution is -0.128. The number of amides is 1. The first-order valence-corrected chi connectivity index (χ1v) is 8.44. The van der Waals surface area contributed by atoms with E-state index in [4.69, 9.17) is 9.47 Å². The smallest absolute Gasteiger partial charge is 0.261 e. The maximum atomic E-state index is 13.7. The second kappa shape index (κ2) is 9.06. The van der Waals surface area contributed by atoms with Crippen LogP contribution < -0.4 is 14.8 Å². The minimum atomic E-state index is -0.744. The van der Waals surface area contributed by atoms with Crippen molar-refractivity contribution in [1.29, 1.82) is 0 Å². The molecule has 0 saturated carbocycles. The molecular formula is C20H24FNO3. The van der Waals surface area contributed by atoms with Gasteiger partial charge in [-0.25, -0.2) is 4.39 Å². The van der Waals surface area contributed by atoms with E-state index in [0.29, 0.717) is 13.0 Å². The number of para-hydroxylation sites is 1. The highest BCUT2D eigenvalue weighted by Crippen LogP contribution is 2.18. The van der Waals surface area contributed by atoms with Crippen molar-refractivity contribution < 1.29 is 18.7 Å². The number of ether oxygens (including phenoxy) is 2. The zero-order valence-electron chi connectivity index (χ0n) is 14.8. The van der Waals surface area contributed by atoms with Gasteiger partial charge in [0.2, 0.25) is 0 Å². The molecule has 0 aromatic heterocycles. The van der Waals surface area contributed by atoms with Crippen LogP contribution in [0.15, 0.2) is 48.5 Å². The lowest BCUT2D eigenvalue weighted by Gasteiger charge is -2.18. The van der Waals surface area contributed by atoms with Crippen LogP contribution in [-0.2, 0) is 11.3 Å². The quantitative estimate of drug-likeness (QED) is 0.784. The molecule has 2 aromatic carbocycles. The van der Waals surface area contributed by atoms with Gasteiger partial charge in [0.05, 0.1) is 6.10 Å². The highest BCUT2D eigenvalue weighted by atomic mass is 19.1. The number of hydrogen-bond donors (Lipinski definition) is 1. The van der Waals surface area contributed by atoms with Gasteiger partial charge in [-0.2, -0.15) is 0 Å². The Kier molecular flexibility index (Phi) is 6.81. The summed E-state index contributed by atoms with van der Waals surface area (Å²) in [6, 6.07) is 13.6. The molecule has 2 aromatic rings. The van der Waals surface area contributed by atoms with Crippen molar-refractivity contribution >= 4 is 5.91 Å². The van der Waals surface area contributed by atoms with Gasteiger partial charge in [-0.15, -0.1) is 0 Å². The monoisotopic (exact) mass is 345 g/mol. The molecule has 0 saturated heterocycles. The molecule has 1 atom stereocenters. The normalized spacial score (nSPS) is 11.9. The zero-order chi connectivity index (χ0) is 18.2. The van der Waals surface area contributed by atoms with E-state index >= 15 is 0 Å². The van der Waals surface area contributed by atoms with Crippen LogP contribution in [-0.4, -0.2) is 18.1 Å². The van der Waals surface area contributed by atoms with Gasteiger partial charge >= 0.3 is 0 Å². The first-order chi connectivity index (χ1) is 12.0. The maximum absolute atomic E-state index is 13.7. The Labute approximate surface area is 148 Å². The predicted molar refractivity (Wildman–Crippen MR) is 95.2 cm³/mol. The summed E-state index contributed by atoms with van der Waals surface area (Å²) in [7, 11) is 0. The van der Waals surface area contributed by atoms with E-state index in [9.17, 15) is 9.18 Å². The second-order valence-electron chi connectivity index (χ2n) is 5.98. The Hall–Kier alpha value is -2.56. The lowest BCUT2D eigenvalue weighted by atomic mass is 10.2. The van der Waals surface area contributed by atoms with Crippen molar-refractivity contribution in [2.45, 2.75) is 45.9 Å². The van der Waals surface area contributed by atoms with Crippen LogP contribution in [0.1, 0.15) is 32.8 Å². The third-order valence-electron chi connectivity index (χ3n) is 3.51. The molecule has 0 aliphatic carbocycles. The van der Waals surface area contributed by atoms with E-state index in [0.717, 1.165) is 11.3 Å². The Morgan fingerprint density at radius 3 is 2.56 bits per heavy atom. The van der Waals surface area contributed by atoms with E-state index in [1.807, 2.05) is 45.0 Å². The fourth-order valence-corrected chi connectivity index (χ4v) is 2.32. The Morgan fingerprint density at radius 1 is 1.12 bits per heavy atom. The molecule has 1 N–H and O–H groups in total. The second-order valence-corrected chi connectivity index (χ2v) is 5.98. The maximum Gasteiger partial charge on any atom is 0.261 e. The van der Waals surface area contributed by atoms with Gasteiger partial charge in [-0.05, 0) is 50.1 Å². The molecule has 0 radical (unpaired) electrons. The summed E-state index contributed by atoms with van der Waals surface area (Å²) >= 11 is 0. The van der Waals surface area contributed by atoms with Gasteiger partial charge in [-0.3, -0.25) is 4.79 Å². The number of benzene rings is 2. The standard InChI is InChI=1S/C20H24FNO3/c1-4-18(25-19-11-6-5-10-17(19)21)20(23)22-13-15-8-7-9-16(12-15)24-14(2)3/h5-12,14,18H,4,13H2,1-3H3,(H,22,23)/t18-/m0/s1. The molecule has 1 amide bonds. The van der Waals surface area contributed by atoms with Gasteiger partial charge in [0.15, 0.2) is 17.7 Å². The fraction of sp³-hybridized carbons (Fsp3) is 0.350. The molecule has 2 rings (SSSR count). The Balaban J connectivity index is 1.95. The lowest BCUT2D eigenvalue weighted by Crippen LogP contribution is -2.37. The molecule has 0 bridgehead atoms. The number of carbonyl (C=O) groups excluding carboxylic acids is 1. The highest BCUT2D eigenvalue weighted by molar-refractivity contribution is 5.81. The van der Waals surface area contributed by atoms with Crippen LogP contribution in [0.25, 0.3) is 0 Å². The number of nitrogens with one attached hydrogen (secondary N) is 1. The van der Waals surface area contributed by atoms with Gasteiger partial charge in [0.25, 0.3) is 5.91 Å². The van der Waals surface area contributed by atoms with E-state index in [2.05, 4.69) is 5.32 Å². The first kappa shape index (κ1) is 18.8. The molecule has 5 heteroatoms. The molecule has 0 heterocycles. The summed E-state index contributed by atoms with van der Waals surface area (Å²) in [5, 5.41) is 2.83. The third-order valence-corrected chi connectivity index (χ3v) is 3.51. The van der Waals surface area contributed by atoms with Gasteiger partial charge in [0.1, 0.15) is 5.75 Å². The molecule has 25 heavy (non-hydrogen) atoms. The van der Waals surface area contributed by atoms with Crippen LogP contribution in [0, 0.1) is 5.82 Å². The van der Waals surface area contributed by atoms with Gasteiger partial charge < -0.3 is 14.8 Å². The van der Waals surface area contributed by atoms with Crippen LogP contribution in [0.3, 0.4) is 0 Å². The van der Waals surface area contributed by atoms with E-state index in [-0.39, 0.29) is 17.8 Å². The van der Waals surface area contributed by atoms with Crippen LogP contribution >= 0.6 is 0 Å². The number of halogens is 1. The summed E-state index contributed by atoms with van der Waals surface area (Å²) in [6.45, 7) is 6.09. The van der Waals surface area contributed by atoms with Crippen molar-refractivity contribution in [2.24, 2.45) is 0 Å². The fourth-order valence-electron chi connectivity index (χ4n) is 2.32. The molecular weight excluding hydrogens is 321 g/mol. The molecule has 0 fully saturated rings. The van der Waals surface area contributed by atoms with Crippen molar-refractivity contribution in [1.82, 2.24) is 5.32 Å². The molecule has 0 unspecified atom stereocenters. The van der Waals surface area contributed by atoms with Crippen molar-refractivity contribution in [3.05, 3.63) is 59.9 Å². The summed E-state index contributed by atoms with van der Waals surface area (Å²) in [5.74, 6) is 0.0847. The largest absolute Gasteiger partial charge is 0.491 e. The Morgan fingerprint density at radius 2 is 1.88 bits per heavy atom. The van der Waals surface area contributed by atoms with Gasteiger partial charge in [-0.1, -0.05) is 31.2 Å². The van der Waals surface area contributed by atoms with Crippen LogP contribution in [0.2, 0.25) is 0 Å². The van der Waals surface area contributed by atoms with Crippen molar-refractivity contribution in [2.75, 3.05) is 0 Å². The zero-order valence-corrected chi connectivity index (χ0v) is 14.8. The molecule has 0 aliphatic heterocycles. The third kappa shape index (κ3) is 5.78. The van der Waals surface area contributed by atoms with Gasteiger partial charge in [0, 0.05) is 6.54 Å². The summed E-state index contributed by atoms with van der Waals surface area (Å²) in [4.78, 5) is 12.3. The number of rotatable bonds is 8. The van der Waals surface area contributed by atoms with E-state index in [1.165, 1.54) is 12.1 Å². The summed E-state index contributed by atoms with van der Waals surface area (Å²) in [6.07, 6.45) is -0.216. The average Bonchev–Trinajstić information content (AvgIpc) is 2.59. The van der Waals surface area contributed by atoms with Crippen LogP contribution in [0.5, 0.6) is 11.5 Å². The number of carbonyl (C=O) groups is 1. The van der Waals surface area contributed by atoms with E-state index < -0.39 is 11.9 Å². The van der Waals surface area contributed by atoms with Crippen LogP contribution in [0.4, 0.5) is 4.39 Å². The molecule has 0 spiro atoms. The SMILES string of the molecule is CC[C@H](Oc1ccccc1F)C(=O)NCc1cccc(OC(C)C)c1. The summed E-state index contributed by atoms with van der Waals surface area (Å²) in [5.41, 5.74) is 0.923. The topological polar surface area (TPSA) is 47.6 Å². The minimum Gasteiger partial charge on any atom is -0.491 e. The minimum absolute atomic E-state index is 0.0804. The van der Waals surface area contributed by atoms with Crippen molar-refractivity contribution in [3.63, 3.8) is 0 Å². The number of hydrogen-bond acceptors (Lipinski definition) is 3. The molecule has 4 nitrogen and oxygen atoms in total. The molecule has 134 valence electrons. The molecule has 0 aliphatic rings. The average molecular weight is 345 g/mol. The predicted octanol–water partition coefficient (Wildman–Crippen LogP) is 4.09. The first-order valence-electron chi connectivity index (χ1n) is 8.44. The highest BCUT2D eigenvalue weighted by Gasteiger charge is 2.19. The van der Waals surface area contributed by atoms with E-state index in [1.54, 1.807) is 12.1 Å².